The maximum Gasteiger partial charge on any atom is 0.251 e. The first-order valence-corrected chi connectivity index (χ1v) is 9.27. The summed E-state index contributed by atoms with van der Waals surface area (Å²) in [6, 6.07) is 23.9. The largest absolute Gasteiger partial charge is 0.348 e. The third-order valence-corrected chi connectivity index (χ3v) is 4.44. The van der Waals surface area contributed by atoms with E-state index in [-0.39, 0.29) is 24.8 Å². The van der Waals surface area contributed by atoms with Crippen LogP contribution < -0.4 is 10.6 Å². The van der Waals surface area contributed by atoms with Gasteiger partial charge in [-0.15, -0.1) is 0 Å². The van der Waals surface area contributed by atoms with Crippen LogP contribution in [0, 0.1) is 18.3 Å². The second-order valence-electron chi connectivity index (χ2n) is 6.75. The minimum absolute atomic E-state index is 0.183. The van der Waals surface area contributed by atoms with Gasteiger partial charge in [-0.25, -0.2) is 0 Å². The first-order chi connectivity index (χ1) is 14.0. The van der Waals surface area contributed by atoms with Crippen LogP contribution in [0.1, 0.15) is 32.6 Å². The fraction of sp³-hybridized carbons (Fsp3) is 0.125. The molecule has 3 aromatic rings. The van der Waals surface area contributed by atoms with E-state index in [0.29, 0.717) is 16.8 Å². The molecule has 5 heteroatoms. The van der Waals surface area contributed by atoms with Crippen molar-refractivity contribution in [2.45, 2.75) is 19.9 Å². The maximum atomic E-state index is 12.4. The topological polar surface area (TPSA) is 82.0 Å². The van der Waals surface area contributed by atoms with Crippen molar-refractivity contribution in [2.75, 3.05) is 5.32 Å². The van der Waals surface area contributed by atoms with Crippen LogP contribution in [0.4, 0.5) is 5.69 Å². The van der Waals surface area contributed by atoms with Crippen LogP contribution in [-0.2, 0) is 17.8 Å². The summed E-state index contributed by atoms with van der Waals surface area (Å²) in [4.78, 5) is 24.9. The molecule has 0 aliphatic carbocycles. The predicted octanol–water partition coefficient (Wildman–Crippen LogP) is 3.98. The van der Waals surface area contributed by atoms with E-state index < -0.39 is 0 Å². The van der Waals surface area contributed by atoms with Gasteiger partial charge >= 0.3 is 0 Å². The molecular weight excluding hydrogens is 362 g/mol. The number of carbonyl (C=O) groups is 2. The van der Waals surface area contributed by atoms with Crippen molar-refractivity contribution in [1.82, 2.24) is 5.32 Å². The molecule has 0 radical (unpaired) electrons. The summed E-state index contributed by atoms with van der Waals surface area (Å²) in [5.41, 5.74) is 4.17. The highest BCUT2D eigenvalue weighted by Crippen LogP contribution is 2.18. The zero-order valence-corrected chi connectivity index (χ0v) is 16.1. The molecule has 0 heterocycles. The molecule has 3 rings (SSSR count). The Kier molecular flexibility index (Phi) is 6.39. The Morgan fingerprint density at radius 3 is 2.48 bits per heavy atom. The quantitative estimate of drug-likeness (QED) is 0.675. The number of benzene rings is 3. The van der Waals surface area contributed by atoms with Crippen LogP contribution in [0.2, 0.25) is 0 Å². The number of hydrogen-bond donors (Lipinski definition) is 2. The summed E-state index contributed by atoms with van der Waals surface area (Å²) in [5, 5.41) is 14.9. The first kappa shape index (κ1) is 19.8. The molecule has 3 aromatic carbocycles. The third-order valence-electron chi connectivity index (χ3n) is 4.44. The molecule has 5 nitrogen and oxygen atoms in total. The Morgan fingerprint density at radius 1 is 0.966 bits per heavy atom. The van der Waals surface area contributed by atoms with Gasteiger partial charge < -0.3 is 10.6 Å². The molecule has 0 aromatic heterocycles. The van der Waals surface area contributed by atoms with Gasteiger partial charge in [0.1, 0.15) is 0 Å². The van der Waals surface area contributed by atoms with Gasteiger partial charge in [0.05, 0.1) is 18.1 Å². The Hall–Kier alpha value is -3.91. The van der Waals surface area contributed by atoms with E-state index in [1.807, 2.05) is 55.5 Å². The highest BCUT2D eigenvalue weighted by Gasteiger charge is 2.11. The first-order valence-electron chi connectivity index (χ1n) is 9.27. The number of rotatable bonds is 6. The SMILES string of the molecule is Cc1cccc(C(=O)NCc2ccc(C#N)cc2NC(=O)Cc2ccccc2)c1. The van der Waals surface area contributed by atoms with Gasteiger partial charge in [-0.05, 0) is 42.3 Å². The van der Waals surface area contributed by atoms with E-state index in [1.165, 1.54) is 0 Å². The van der Waals surface area contributed by atoms with E-state index >= 15 is 0 Å². The minimum atomic E-state index is -0.195. The lowest BCUT2D eigenvalue weighted by Gasteiger charge is -2.13. The molecule has 0 saturated heterocycles. The Bertz CT molecular complexity index is 1070. The lowest BCUT2D eigenvalue weighted by molar-refractivity contribution is -0.115. The van der Waals surface area contributed by atoms with Crippen molar-refractivity contribution in [3.8, 4) is 6.07 Å². The number of carbonyl (C=O) groups excluding carboxylic acids is 2. The van der Waals surface area contributed by atoms with Crippen LogP contribution in [0.3, 0.4) is 0 Å². The molecule has 2 N–H and O–H groups in total. The third kappa shape index (κ3) is 5.53. The van der Waals surface area contributed by atoms with Gasteiger partial charge in [-0.1, -0.05) is 54.1 Å². The number of nitriles is 1. The summed E-state index contributed by atoms with van der Waals surface area (Å²) in [5.74, 6) is -0.378. The average molecular weight is 383 g/mol. The molecule has 0 spiro atoms. The lowest BCUT2D eigenvalue weighted by Crippen LogP contribution is -2.24. The normalized spacial score (nSPS) is 10.1. The van der Waals surface area contributed by atoms with E-state index in [9.17, 15) is 14.9 Å². The number of nitrogens with one attached hydrogen (secondary N) is 2. The van der Waals surface area contributed by atoms with Gasteiger partial charge in [0.15, 0.2) is 0 Å². The van der Waals surface area contributed by atoms with Crippen molar-refractivity contribution in [3.63, 3.8) is 0 Å². The Morgan fingerprint density at radius 2 is 1.76 bits per heavy atom. The van der Waals surface area contributed by atoms with Gasteiger partial charge in [0.25, 0.3) is 5.91 Å². The highest BCUT2D eigenvalue weighted by atomic mass is 16.2. The number of nitrogens with zero attached hydrogens (tertiary/aromatic N) is 1. The summed E-state index contributed by atoms with van der Waals surface area (Å²) < 4.78 is 0. The van der Waals surface area contributed by atoms with Crippen molar-refractivity contribution < 1.29 is 9.59 Å². The Balaban J connectivity index is 1.72. The molecule has 144 valence electrons. The molecule has 29 heavy (non-hydrogen) atoms. The predicted molar refractivity (Wildman–Crippen MR) is 112 cm³/mol. The molecule has 0 fully saturated rings. The molecular formula is C24H21N3O2. The van der Waals surface area contributed by atoms with Crippen LogP contribution in [0.25, 0.3) is 0 Å². The number of hydrogen-bond acceptors (Lipinski definition) is 3. The minimum Gasteiger partial charge on any atom is -0.348 e. The fourth-order valence-electron chi connectivity index (χ4n) is 2.96. The van der Waals surface area contributed by atoms with E-state index in [4.69, 9.17) is 0 Å². The van der Waals surface area contributed by atoms with Crippen LogP contribution >= 0.6 is 0 Å². The Labute approximate surface area is 170 Å². The molecule has 0 unspecified atom stereocenters. The summed E-state index contributed by atoms with van der Waals surface area (Å²) >= 11 is 0. The van der Waals surface area contributed by atoms with E-state index in [0.717, 1.165) is 16.7 Å². The standard InChI is InChI=1S/C24H21N3O2/c1-17-6-5-9-20(12-17)24(29)26-16-21-11-10-19(15-25)13-22(21)27-23(28)14-18-7-3-2-4-8-18/h2-13H,14,16H2,1H3,(H,26,29)(H,27,28). The van der Waals surface area contributed by atoms with Crippen LogP contribution in [0.5, 0.6) is 0 Å². The molecule has 0 bridgehead atoms. The van der Waals surface area contributed by atoms with Crippen molar-refractivity contribution in [1.29, 1.82) is 5.26 Å². The van der Waals surface area contributed by atoms with Gasteiger partial charge in [-0.3, -0.25) is 9.59 Å². The van der Waals surface area contributed by atoms with Crippen LogP contribution in [0.15, 0.2) is 72.8 Å². The van der Waals surface area contributed by atoms with Crippen molar-refractivity contribution >= 4 is 17.5 Å². The zero-order valence-electron chi connectivity index (χ0n) is 16.1. The number of anilines is 1. The summed E-state index contributed by atoms with van der Waals surface area (Å²) in [6.07, 6.45) is 0.229. The van der Waals surface area contributed by atoms with Gasteiger partial charge in [0.2, 0.25) is 5.91 Å². The maximum absolute atomic E-state index is 12.4. The molecule has 0 atom stereocenters. The number of amides is 2. The average Bonchev–Trinajstić information content (AvgIpc) is 2.73. The van der Waals surface area contributed by atoms with Crippen LogP contribution in [-0.4, -0.2) is 11.8 Å². The molecule has 2 amide bonds. The molecule has 0 aliphatic heterocycles. The van der Waals surface area contributed by atoms with Gasteiger partial charge in [0, 0.05) is 17.8 Å². The van der Waals surface area contributed by atoms with Crippen molar-refractivity contribution in [2.24, 2.45) is 0 Å². The lowest BCUT2D eigenvalue weighted by atomic mass is 10.1. The van der Waals surface area contributed by atoms with E-state index in [2.05, 4.69) is 16.7 Å². The summed E-state index contributed by atoms with van der Waals surface area (Å²) in [6.45, 7) is 2.16. The monoisotopic (exact) mass is 383 g/mol. The fourth-order valence-corrected chi connectivity index (χ4v) is 2.96. The second kappa shape index (κ2) is 9.34. The summed E-state index contributed by atoms with van der Waals surface area (Å²) in [7, 11) is 0. The second-order valence-corrected chi connectivity index (χ2v) is 6.75. The molecule has 0 saturated carbocycles. The molecule has 0 aliphatic rings. The zero-order chi connectivity index (χ0) is 20.6. The van der Waals surface area contributed by atoms with Gasteiger partial charge in [-0.2, -0.15) is 5.26 Å². The van der Waals surface area contributed by atoms with E-state index in [1.54, 1.807) is 24.3 Å². The highest BCUT2D eigenvalue weighted by molar-refractivity contribution is 5.95. The smallest absolute Gasteiger partial charge is 0.251 e. The van der Waals surface area contributed by atoms with Crippen molar-refractivity contribution in [3.05, 3.63) is 101 Å². The number of aryl methyl sites for hydroxylation is 1.